The Labute approximate surface area is 102 Å². The van der Waals surface area contributed by atoms with Gasteiger partial charge in [-0.05, 0) is 43.0 Å². The number of aromatic carboxylic acids is 1. The van der Waals surface area contributed by atoms with E-state index in [1.54, 1.807) is 12.1 Å². The lowest BCUT2D eigenvalue weighted by molar-refractivity contribution is 0.0697. The molecule has 1 N–H and O–H groups in total. The van der Waals surface area contributed by atoms with Crippen molar-refractivity contribution in [2.75, 3.05) is 13.1 Å². The molecule has 0 aromatic heterocycles. The van der Waals surface area contributed by atoms with Crippen LogP contribution >= 0.6 is 0 Å². The first kappa shape index (κ1) is 12.1. The first-order valence-electron chi connectivity index (χ1n) is 6.20. The zero-order chi connectivity index (χ0) is 12.3. The molecule has 17 heavy (non-hydrogen) atoms. The van der Waals surface area contributed by atoms with Gasteiger partial charge in [0.05, 0.1) is 5.56 Å². The molecule has 0 radical (unpaired) electrons. The van der Waals surface area contributed by atoms with Crippen LogP contribution in [0.4, 0.5) is 0 Å². The number of hydrogen-bond acceptors (Lipinski definition) is 2. The van der Waals surface area contributed by atoms with Gasteiger partial charge in [0.25, 0.3) is 0 Å². The zero-order valence-electron chi connectivity index (χ0n) is 10.2. The number of rotatable bonds is 3. The van der Waals surface area contributed by atoms with E-state index < -0.39 is 5.97 Å². The van der Waals surface area contributed by atoms with Gasteiger partial charge in [0, 0.05) is 13.1 Å². The van der Waals surface area contributed by atoms with Gasteiger partial charge >= 0.3 is 5.97 Å². The summed E-state index contributed by atoms with van der Waals surface area (Å²) < 4.78 is 0. The maximum Gasteiger partial charge on any atom is 0.335 e. The van der Waals surface area contributed by atoms with Crippen molar-refractivity contribution in [1.29, 1.82) is 0 Å². The van der Waals surface area contributed by atoms with Crippen molar-refractivity contribution < 1.29 is 9.90 Å². The highest BCUT2D eigenvalue weighted by atomic mass is 16.4. The molecular formula is C14H19NO2. The minimum atomic E-state index is -0.858. The van der Waals surface area contributed by atoms with Gasteiger partial charge in [-0.25, -0.2) is 4.79 Å². The number of nitrogens with zero attached hydrogens (tertiary/aromatic N) is 1. The van der Waals surface area contributed by atoms with E-state index in [0.29, 0.717) is 5.56 Å². The Morgan fingerprint density at radius 1 is 1.41 bits per heavy atom. The molecule has 1 aliphatic heterocycles. The largest absolute Gasteiger partial charge is 0.478 e. The lowest BCUT2D eigenvalue weighted by Crippen LogP contribution is -2.33. The van der Waals surface area contributed by atoms with Crippen molar-refractivity contribution in [3.63, 3.8) is 0 Å². The van der Waals surface area contributed by atoms with E-state index in [1.165, 1.54) is 18.4 Å². The molecule has 0 saturated carbocycles. The summed E-state index contributed by atoms with van der Waals surface area (Å²) >= 11 is 0. The quantitative estimate of drug-likeness (QED) is 0.872. The molecule has 0 bridgehead atoms. The van der Waals surface area contributed by atoms with Gasteiger partial charge in [0.1, 0.15) is 0 Å². The molecule has 0 unspecified atom stereocenters. The number of carbonyl (C=O) groups is 1. The Balaban J connectivity index is 1.96. The maximum absolute atomic E-state index is 10.7. The highest BCUT2D eigenvalue weighted by molar-refractivity contribution is 5.87. The summed E-state index contributed by atoms with van der Waals surface area (Å²) in [6, 6.07) is 7.21. The van der Waals surface area contributed by atoms with Crippen molar-refractivity contribution in [3.05, 3.63) is 35.4 Å². The van der Waals surface area contributed by atoms with Crippen LogP contribution in [0.3, 0.4) is 0 Å². The number of carboxylic acid groups (broad SMARTS) is 1. The SMILES string of the molecule is C[C@@H]1CCCN(Cc2ccc(C(=O)O)cc2)C1. The van der Waals surface area contributed by atoms with Crippen LogP contribution in [0.15, 0.2) is 24.3 Å². The molecule has 2 rings (SSSR count). The van der Waals surface area contributed by atoms with Gasteiger partial charge < -0.3 is 5.11 Å². The topological polar surface area (TPSA) is 40.5 Å². The van der Waals surface area contributed by atoms with Gasteiger partial charge in [0.2, 0.25) is 0 Å². The number of hydrogen-bond donors (Lipinski definition) is 1. The normalized spacial score (nSPS) is 21.4. The molecule has 1 atom stereocenters. The minimum Gasteiger partial charge on any atom is -0.478 e. The van der Waals surface area contributed by atoms with Crippen LogP contribution in [0.25, 0.3) is 0 Å². The lowest BCUT2D eigenvalue weighted by Gasteiger charge is -2.30. The molecule has 0 spiro atoms. The van der Waals surface area contributed by atoms with Crippen molar-refractivity contribution in [2.45, 2.75) is 26.3 Å². The number of carboxylic acids is 1. The van der Waals surface area contributed by atoms with E-state index in [0.717, 1.165) is 25.6 Å². The third kappa shape index (κ3) is 3.30. The molecule has 0 amide bonds. The predicted molar refractivity (Wildman–Crippen MR) is 67.1 cm³/mol. The van der Waals surface area contributed by atoms with Crippen LogP contribution < -0.4 is 0 Å². The standard InChI is InChI=1S/C14H19NO2/c1-11-3-2-8-15(9-11)10-12-4-6-13(7-5-12)14(16)17/h4-7,11H,2-3,8-10H2,1H3,(H,16,17)/t11-/m1/s1. The molecule has 0 aliphatic carbocycles. The summed E-state index contributed by atoms with van der Waals surface area (Å²) in [5, 5.41) is 8.82. The Bertz CT molecular complexity index is 386. The molecule has 92 valence electrons. The fourth-order valence-corrected chi connectivity index (χ4v) is 2.44. The molecule has 1 heterocycles. The first-order valence-corrected chi connectivity index (χ1v) is 6.20. The number of piperidine rings is 1. The van der Waals surface area contributed by atoms with Crippen molar-refractivity contribution in [1.82, 2.24) is 4.90 Å². The zero-order valence-corrected chi connectivity index (χ0v) is 10.2. The van der Waals surface area contributed by atoms with Crippen LogP contribution in [0, 0.1) is 5.92 Å². The second kappa shape index (κ2) is 5.32. The molecular weight excluding hydrogens is 214 g/mol. The fourth-order valence-electron chi connectivity index (χ4n) is 2.44. The average Bonchev–Trinajstić information content (AvgIpc) is 2.29. The summed E-state index contributed by atoms with van der Waals surface area (Å²) in [6.45, 7) is 5.54. The third-order valence-corrected chi connectivity index (χ3v) is 3.35. The summed E-state index contributed by atoms with van der Waals surface area (Å²) in [7, 11) is 0. The Kier molecular flexibility index (Phi) is 3.79. The molecule has 1 saturated heterocycles. The fraction of sp³-hybridized carbons (Fsp3) is 0.500. The van der Waals surface area contributed by atoms with Crippen LogP contribution in [0.1, 0.15) is 35.7 Å². The van der Waals surface area contributed by atoms with E-state index in [1.807, 2.05) is 12.1 Å². The summed E-state index contributed by atoms with van der Waals surface area (Å²) in [5.41, 5.74) is 1.56. The van der Waals surface area contributed by atoms with E-state index in [2.05, 4.69) is 11.8 Å². The van der Waals surface area contributed by atoms with Crippen molar-refractivity contribution >= 4 is 5.97 Å². The van der Waals surface area contributed by atoms with Crippen molar-refractivity contribution in [3.8, 4) is 0 Å². The first-order chi connectivity index (χ1) is 8.15. The molecule has 1 aromatic rings. The van der Waals surface area contributed by atoms with Crippen LogP contribution in [0.2, 0.25) is 0 Å². The molecule has 1 fully saturated rings. The molecule has 1 aromatic carbocycles. The van der Waals surface area contributed by atoms with Crippen LogP contribution in [0.5, 0.6) is 0 Å². The Hall–Kier alpha value is -1.35. The van der Waals surface area contributed by atoms with E-state index >= 15 is 0 Å². The van der Waals surface area contributed by atoms with Gasteiger partial charge in [0.15, 0.2) is 0 Å². The number of likely N-dealkylation sites (tertiary alicyclic amines) is 1. The maximum atomic E-state index is 10.7. The van der Waals surface area contributed by atoms with Crippen LogP contribution in [-0.2, 0) is 6.54 Å². The van der Waals surface area contributed by atoms with Gasteiger partial charge in [-0.15, -0.1) is 0 Å². The Morgan fingerprint density at radius 3 is 2.71 bits per heavy atom. The van der Waals surface area contributed by atoms with E-state index in [4.69, 9.17) is 5.11 Å². The highest BCUT2D eigenvalue weighted by Gasteiger charge is 2.16. The van der Waals surface area contributed by atoms with E-state index in [9.17, 15) is 4.79 Å². The van der Waals surface area contributed by atoms with Crippen molar-refractivity contribution in [2.24, 2.45) is 5.92 Å². The molecule has 1 aliphatic rings. The smallest absolute Gasteiger partial charge is 0.335 e. The van der Waals surface area contributed by atoms with Gasteiger partial charge in [-0.2, -0.15) is 0 Å². The lowest BCUT2D eigenvalue weighted by atomic mass is 9.99. The number of benzene rings is 1. The highest BCUT2D eigenvalue weighted by Crippen LogP contribution is 2.18. The van der Waals surface area contributed by atoms with Crippen LogP contribution in [-0.4, -0.2) is 29.1 Å². The average molecular weight is 233 g/mol. The third-order valence-electron chi connectivity index (χ3n) is 3.35. The second-order valence-corrected chi connectivity index (χ2v) is 4.98. The summed E-state index contributed by atoms with van der Waals surface area (Å²) in [6.07, 6.45) is 2.60. The summed E-state index contributed by atoms with van der Waals surface area (Å²) in [5.74, 6) is -0.0785. The van der Waals surface area contributed by atoms with Gasteiger partial charge in [-0.1, -0.05) is 19.1 Å². The monoisotopic (exact) mass is 233 g/mol. The second-order valence-electron chi connectivity index (χ2n) is 4.98. The molecule has 3 heteroatoms. The van der Waals surface area contributed by atoms with E-state index in [-0.39, 0.29) is 0 Å². The van der Waals surface area contributed by atoms with Gasteiger partial charge in [-0.3, -0.25) is 4.90 Å². The Morgan fingerprint density at radius 2 is 2.12 bits per heavy atom. The predicted octanol–water partition coefficient (Wildman–Crippen LogP) is 2.62. The summed E-state index contributed by atoms with van der Waals surface area (Å²) in [4.78, 5) is 13.2. The minimum absolute atomic E-state index is 0.362. The molecule has 3 nitrogen and oxygen atoms in total.